The quantitative estimate of drug-likeness (QED) is 0.660. The molecule has 0 aromatic rings. The van der Waals surface area contributed by atoms with Gasteiger partial charge in [-0.2, -0.15) is 13.2 Å². The third kappa shape index (κ3) is 6.56. The van der Waals surface area contributed by atoms with E-state index in [0.29, 0.717) is 31.7 Å². The van der Waals surface area contributed by atoms with Crippen LogP contribution in [0.15, 0.2) is 0 Å². The summed E-state index contributed by atoms with van der Waals surface area (Å²) in [7, 11) is 0. The molecule has 0 saturated carbocycles. The number of rotatable bonds is 8. The maximum absolute atomic E-state index is 11.9. The summed E-state index contributed by atoms with van der Waals surface area (Å²) < 4.78 is 41.2. The summed E-state index contributed by atoms with van der Waals surface area (Å²) in [6.07, 6.45) is -3.53. The zero-order chi connectivity index (χ0) is 13.4. The maximum Gasteiger partial charge on any atom is 0.389 e. The lowest BCUT2D eigenvalue weighted by molar-refractivity contribution is -0.135. The maximum atomic E-state index is 11.9. The van der Waals surface area contributed by atoms with Gasteiger partial charge in [-0.25, -0.2) is 0 Å². The normalized spacial score (nSPS) is 24.7. The topological polar surface area (TPSA) is 33.3 Å². The van der Waals surface area contributed by atoms with Crippen LogP contribution in [0.2, 0.25) is 0 Å². The minimum Gasteiger partial charge on any atom is -0.379 e. The molecule has 0 amide bonds. The summed E-state index contributed by atoms with van der Waals surface area (Å²) in [5.74, 6) is 0.363. The van der Waals surface area contributed by atoms with E-state index in [2.05, 4.69) is 17.6 Å². The van der Waals surface area contributed by atoms with E-state index < -0.39 is 12.6 Å². The summed E-state index contributed by atoms with van der Waals surface area (Å²) in [6.45, 7) is 5.59. The Morgan fingerprint density at radius 2 is 2.00 bits per heavy atom. The average molecular weight is 268 g/mol. The van der Waals surface area contributed by atoms with Gasteiger partial charge in [-0.3, -0.25) is 0 Å². The van der Waals surface area contributed by atoms with Gasteiger partial charge in [0.05, 0.1) is 13.2 Å². The summed E-state index contributed by atoms with van der Waals surface area (Å²) in [6, 6.07) is 0.333. The minimum atomic E-state index is -4.04. The van der Waals surface area contributed by atoms with E-state index in [0.717, 1.165) is 19.5 Å². The molecule has 108 valence electrons. The van der Waals surface area contributed by atoms with Crippen molar-refractivity contribution in [1.82, 2.24) is 10.6 Å². The molecule has 3 nitrogen and oxygen atoms in total. The molecule has 1 aliphatic rings. The van der Waals surface area contributed by atoms with Crippen LogP contribution in [0, 0.1) is 5.92 Å². The van der Waals surface area contributed by atoms with Gasteiger partial charge in [0.1, 0.15) is 0 Å². The van der Waals surface area contributed by atoms with Gasteiger partial charge >= 0.3 is 6.18 Å². The lowest BCUT2D eigenvalue weighted by atomic mass is 10.0. The Morgan fingerprint density at radius 3 is 2.67 bits per heavy atom. The molecule has 1 heterocycles. The first-order valence-corrected chi connectivity index (χ1v) is 6.61. The molecule has 1 saturated heterocycles. The lowest BCUT2D eigenvalue weighted by Gasteiger charge is -2.19. The summed E-state index contributed by atoms with van der Waals surface area (Å²) >= 11 is 0. The Bertz CT molecular complexity index is 224. The van der Waals surface area contributed by atoms with Gasteiger partial charge in [-0.15, -0.1) is 0 Å². The van der Waals surface area contributed by atoms with Gasteiger partial charge in [0.2, 0.25) is 0 Å². The molecule has 2 atom stereocenters. The highest BCUT2D eigenvalue weighted by molar-refractivity contribution is 4.82. The summed E-state index contributed by atoms with van der Waals surface area (Å²) in [4.78, 5) is 0. The van der Waals surface area contributed by atoms with Gasteiger partial charge in [0.25, 0.3) is 0 Å². The van der Waals surface area contributed by atoms with E-state index in [9.17, 15) is 13.2 Å². The van der Waals surface area contributed by atoms with E-state index in [1.165, 1.54) is 0 Å². The fourth-order valence-electron chi connectivity index (χ4n) is 2.06. The number of alkyl halides is 3. The molecule has 0 aliphatic carbocycles. The zero-order valence-electron chi connectivity index (χ0n) is 10.9. The molecular weight excluding hydrogens is 245 g/mol. The Balaban J connectivity index is 2.07. The number of ether oxygens (including phenoxy) is 1. The van der Waals surface area contributed by atoms with Crippen molar-refractivity contribution >= 4 is 0 Å². The lowest BCUT2D eigenvalue weighted by Crippen LogP contribution is -2.40. The highest BCUT2D eigenvalue weighted by Crippen LogP contribution is 2.20. The van der Waals surface area contributed by atoms with Crippen LogP contribution in [0.5, 0.6) is 0 Å². The molecule has 0 spiro atoms. The molecule has 1 rings (SSSR count). The highest BCUT2D eigenvalue weighted by atomic mass is 19.4. The zero-order valence-corrected chi connectivity index (χ0v) is 10.9. The van der Waals surface area contributed by atoms with Crippen LogP contribution in [0.25, 0.3) is 0 Å². The third-order valence-electron chi connectivity index (χ3n) is 3.08. The van der Waals surface area contributed by atoms with Gasteiger partial charge in [0.15, 0.2) is 0 Å². The van der Waals surface area contributed by atoms with Gasteiger partial charge < -0.3 is 15.4 Å². The largest absolute Gasteiger partial charge is 0.389 e. The first-order valence-electron chi connectivity index (χ1n) is 6.61. The second kappa shape index (κ2) is 7.96. The standard InChI is InChI=1S/C12H23F3N2O/c1-2-5-17-11-9-18-8-10(11)7-16-6-3-4-12(13,14)15/h10-11,16-17H,2-9H2,1H3. The number of hydrogen-bond donors (Lipinski definition) is 2. The van der Waals surface area contributed by atoms with Crippen molar-refractivity contribution < 1.29 is 17.9 Å². The summed E-state index contributed by atoms with van der Waals surface area (Å²) in [5.41, 5.74) is 0. The molecule has 1 aliphatic heterocycles. The number of nitrogens with one attached hydrogen (secondary N) is 2. The first-order chi connectivity index (χ1) is 8.53. The monoisotopic (exact) mass is 268 g/mol. The van der Waals surface area contributed by atoms with Gasteiger partial charge in [-0.05, 0) is 25.9 Å². The fraction of sp³-hybridized carbons (Fsp3) is 1.00. The van der Waals surface area contributed by atoms with E-state index in [1.807, 2.05) is 0 Å². The van der Waals surface area contributed by atoms with E-state index in [4.69, 9.17) is 4.74 Å². The van der Waals surface area contributed by atoms with Crippen LogP contribution in [0.4, 0.5) is 13.2 Å². The number of halogens is 3. The molecule has 0 bridgehead atoms. The smallest absolute Gasteiger partial charge is 0.379 e. The number of hydrogen-bond acceptors (Lipinski definition) is 3. The van der Waals surface area contributed by atoms with Crippen molar-refractivity contribution in [3.63, 3.8) is 0 Å². The van der Waals surface area contributed by atoms with Crippen molar-refractivity contribution in [2.45, 2.75) is 38.4 Å². The Labute approximate surface area is 106 Å². The molecular formula is C12H23F3N2O. The van der Waals surface area contributed by atoms with Crippen LogP contribution in [0.1, 0.15) is 26.2 Å². The predicted octanol–water partition coefficient (Wildman–Crippen LogP) is 1.93. The van der Waals surface area contributed by atoms with Crippen LogP contribution >= 0.6 is 0 Å². The second-order valence-electron chi connectivity index (χ2n) is 4.78. The fourth-order valence-corrected chi connectivity index (χ4v) is 2.06. The molecule has 18 heavy (non-hydrogen) atoms. The van der Waals surface area contributed by atoms with Crippen LogP contribution in [0.3, 0.4) is 0 Å². The van der Waals surface area contributed by atoms with Crippen LogP contribution in [-0.4, -0.2) is 45.1 Å². The Hall–Kier alpha value is -0.330. The van der Waals surface area contributed by atoms with Crippen molar-refractivity contribution in [2.75, 3.05) is 32.8 Å². The van der Waals surface area contributed by atoms with Gasteiger partial charge in [0, 0.05) is 24.9 Å². The first kappa shape index (κ1) is 15.7. The van der Waals surface area contributed by atoms with E-state index >= 15 is 0 Å². The molecule has 0 aromatic carbocycles. The van der Waals surface area contributed by atoms with Gasteiger partial charge in [-0.1, -0.05) is 6.92 Å². The van der Waals surface area contributed by atoms with Crippen LogP contribution in [-0.2, 0) is 4.74 Å². The minimum absolute atomic E-state index is 0.143. The van der Waals surface area contributed by atoms with Crippen molar-refractivity contribution in [3.8, 4) is 0 Å². The van der Waals surface area contributed by atoms with E-state index in [-0.39, 0.29) is 6.42 Å². The molecule has 2 N–H and O–H groups in total. The molecule has 0 radical (unpaired) electrons. The Kier molecular flexibility index (Phi) is 6.96. The van der Waals surface area contributed by atoms with Crippen molar-refractivity contribution in [3.05, 3.63) is 0 Å². The summed E-state index contributed by atoms with van der Waals surface area (Å²) in [5, 5.41) is 6.49. The third-order valence-corrected chi connectivity index (χ3v) is 3.08. The second-order valence-corrected chi connectivity index (χ2v) is 4.78. The molecule has 6 heteroatoms. The average Bonchev–Trinajstić information content (AvgIpc) is 2.72. The SMILES string of the molecule is CCCNC1COCC1CNCCCC(F)(F)F. The molecule has 2 unspecified atom stereocenters. The molecule has 0 aromatic heterocycles. The van der Waals surface area contributed by atoms with Crippen molar-refractivity contribution in [1.29, 1.82) is 0 Å². The van der Waals surface area contributed by atoms with E-state index in [1.54, 1.807) is 0 Å². The predicted molar refractivity (Wildman–Crippen MR) is 64.5 cm³/mol. The highest BCUT2D eigenvalue weighted by Gasteiger charge is 2.28. The van der Waals surface area contributed by atoms with Crippen LogP contribution < -0.4 is 10.6 Å². The molecule has 1 fully saturated rings. The Morgan fingerprint density at radius 1 is 1.22 bits per heavy atom. The van der Waals surface area contributed by atoms with Crippen molar-refractivity contribution in [2.24, 2.45) is 5.92 Å².